The van der Waals surface area contributed by atoms with Crippen molar-refractivity contribution in [1.29, 1.82) is 0 Å². The SMILES string of the molecule is CN1CCN(C(C(=O)NNc2cc(Cl)cc(Cl)c2)c2cccc3ccccc23)CC1. The molecule has 0 bridgehead atoms. The van der Waals surface area contributed by atoms with Gasteiger partial charge in [0.1, 0.15) is 6.04 Å². The van der Waals surface area contributed by atoms with Crippen LogP contribution in [-0.2, 0) is 4.79 Å². The highest BCUT2D eigenvalue weighted by atomic mass is 35.5. The molecule has 1 heterocycles. The molecule has 4 rings (SSSR count). The van der Waals surface area contributed by atoms with E-state index in [1.54, 1.807) is 18.2 Å². The van der Waals surface area contributed by atoms with Crippen molar-refractivity contribution < 1.29 is 4.79 Å². The number of nitrogens with one attached hydrogen (secondary N) is 2. The molecule has 3 aromatic rings. The summed E-state index contributed by atoms with van der Waals surface area (Å²) in [5.74, 6) is -0.119. The number of hydrogen-bond donors (Lipinski definition) is 2. The Bertz CT molecular complexity index is 1020. The van der Waals surface area contributed by atoms with Gasteiger partial charge in [-0.15, -0.1) is 0 Å². The molecule has 0 radical (unpaired) electrons. The summed E-state index contributed by atoms with van der Waals surface area (Å²) >= 11 is 12.1. The predicted octanol–water partition coefficient (Wildman–Crippen LogP) is 4.58. The molecule has 1 fully saturated rings. The summed E-state index contributed by atoms with van der Waals surface area (Å²) in [6, 6.07) is 19.0. The van der Waals surface area contributed by atoms with Crippen molar-refractivity contribution in [2.45, 2.75) is 6.04 Å². The number of nitrogens with zero attached hydrogens (tertiary/aromatic N) is 2. The summed E-state index contributed by atoms with van der Waals surface area (Å²) in [6.07, 6.45) is 0. The molecule has 5 nitrogen and oxygen atoms in total. The number of anilines is 1. The summed E-state index contributed by atoms with van der Waals surface area (Å²) in [7, 11) is 2.11. The van der Waals surface area contributed by atoms with Gasteiger partial charge in [0.05, 0.1) is 5.69 Å². The zero-order valence-electron chi connectivity index (χ0n) is 16.7. The van der Waals surface area contributed by atoms with Crippen LogP contribution in [0.3, 0.4) is 0 Å². The number of likely N-dealkylation sites (N-methyl/N-ethyl adjacent to an activating group) is 1. The lowest BCUT2D eigenvalue weighted by Crippen LogP contribution is -2.50. The molecule has 156 valence electrons. The van der Waals surface area contributed by atoms with E-state index < -0.39 is 6.04 Å². The maximum absolute atomic E-state index is 13.4. The first-order valence-electron chi connectivity index (χ1n) is 9.93. The number of hydrazine groups is 1. The number of halogens is 2. The molecule has 1 unspecified atom stereocenters. The van der Waals surface area contributed by atoms with Gasteiger partial charge in [0.15, 0.2) is 0 Å². The average Bonchev–Trinajstić information content (AvgIpc) is 2.73. The van der Waals surface area contributed by atoms with Gasteiger partial charge in [-0.25, -0.2) is 0 Å². The fourth-order valence-corrected chi connectivity index (χ4v) is 4.43. The fraction of sp³-hybridized carbons (Fsp3) is 0.261. The van der Waals surface area contributed by atoms with E-state index in [4.69, 9.17) is 23.2 Å². The number of hydrogen-bond acceptors (Lipinski definition) is 4. The standard InChI is InChI=1S/C23H24Cl2N4O/c1-28-9-11-29(12-10-28)22(21-8-4-6-16-5-2-3-7-20(16)21)23(30)27-26-19-14-17(24)13-18(25)15-19/h2-8,13-15,22,26H,9-12H2,1H3,(H,27,30). The van der Waals surface area contributed by atoms with Gasteiger partial charge in [0.2, 0.25) is 0 Å². The van der Waals surface area contributed by atoms with E-state index in [2.05, 4.69) is 45.9 Å². The minimum Gasteiger partial charge on any atom is -0.304 e. The quantitative estimate of drug-likeness (QED) is 0.567. The first kappa shape index (κ1) is 20.9. The van der Waals surface area contributed by atoms with Crippen LogP contribution in [0.4, 0.5) is 5.69 Å². The minimum atomic E-state index is -0.410. The van der Waals surface area contributed by atoms with Gasteiger partial charge in [-0.3, -0.25) is 20.5 Å². The van der Waals surface area contributed by atoms with Crippen molar-refractivity contribution in [3.05, 3.63) is 76.3 Å². The molecule has 1 amide bonds. The third-order valence-electron chi connectivity index (χ3n) is 5.46. The number of benzene rings is 3. The molecule has 0 saturated carbocycles. The van der Waals surface area contributed by atoms with Crippen LogP contribution in [0.5, 0.6) is 0 Å². The van der Waals surface area contributed by atoms with Crippen LogP contribution >= 0.6 is 23.2 Å². The summed E-state index contributed by atoms with van der Waals surface area (Å²) in [5.41, 5.74) is 7.47. The summed E-state index contributed by atoms with van der Waals surface area (Å²) in [4.78, 5) is 17.9. The molecule has 1 aliphatic rings. The van der Waals surface area contributed by atoms with Gasteiger partial charge in [-0.05, 0) is 41.6 Å². The van der Waals surface area contributed by atoms with E-state index in [1.807, 2.05) is 24.3 Å². The average molecular weight is 443 g/mol. The predicted molar refractivity (Wildman–Crippen MR) is 124 cm³/mol. The molecule has 7 heteroatoms. The second-order valence-electron chi connectivity index (χ2n) is 7.58. The second kappa shape index (κ2) is 9.23. The number of rotatable bonds is 5. The highest BCUT2D eigenvalue weighted by Crippen LogP contribution is 2.30. The molecule has 1 atom stereocenters. The number of amides is 1. The molecule has 0 aliphatic carbocycles. The Morgan fingerprint density at radius 3 is 2.33 bits per heavy atom. The van der Waals surface area contributed by atoms with Crippen LogP contribution in [0, 0.1) is 0 Å². The molecule has 3 aromatic carbocycles. The zero-order valence-corrected chi connectivity index (χ0v) is 18.2. The third-order valence-corrected chi connectivity index (χ3v) is 5.90. The Hall–Kier alpha value is -2.31. The normalized spacial score (nSPS) is 16.4. The summed E-state index contributed by atoms with van der Waals surface area (Å²) < 4.78 is 0. The molecule has 0 spiro atoms. The minimum absolute atomic E-state index is 0.119. The molecule has 0 aromatic heterocycles. The van der Waals surface area contributed by atoms with Crippen molar-refractivity contribution in [3.63, 3.8) is 0 Å². The van der Waals surface area contributed by atoms with Crippen molar-refractivity contribution in [3.8, 4) is 0 Å². The Labute approximate surface area is 186 Å². The van der Waals surface area contributed by atoms with E-state index in [-0.39, 0.29) is 5.91 Å². The van der Waals surface area contributed by atoms with Crippen molar-refractivity contribution in [1.82, 2.24) is 15.2 Å². The van der Waals surface area contributed by atoms with E-state index in [9.17, 15) is 4.79 Å². The molecule has 1 saturated heterocycles. The van der Waals surface area contributed by atoms with Crippen molar-refractivity contribution in [2.24, 2.45) is 0 Å². The van der Waals surface area contributed by atoms with E-state index in [1.165, 1.54) is 0 Å². The number of piperazine rings is 1. The Balaban J connectivity index is 1.63. The van der Waals surface area contributed by atoms with Crippen molar-refractivity contribution >= 4 is 45.6 Å². The smallest absolute Gasteiger partial charge is 0.260 e. The van der Waals surface area contributed by atoms with Crippen LogP contribution in [0.1, 0.15) is 11.6 Å². The van der Waals surface area contributed by atoms with Crippen molar-refractivity contribution in [2.75, 3.05) is 38.7 Å². The second-order valence-corrected chi connectivity index (χ2v) is 8.46. The van der Waals surface area contributed by atoms with Gasteiger partial charge in [-0.1, -0.05) is 65.7 Å². The number of carbonyl (C=O) groups is 1. The van der Waals surface area contributed by atoms with Crippen LogP contribution in [0.25, 0.3) is 10.8 Å². The molecule has 1 aliphatic heterocycles. The van der Waals surface area contributed by atoms with Gasteiger partial charge in [0, 0.05) is 36.2 Å². The lowest BCUT2D eigenvalue weighted by Gasteiger charge is -2.37. The van der Waals surface area contributed by atoms with Crippen LogP contribution < -0.4 is 10.9 Å². The molecular formula is C23H24Cl2N4O. The monoisotopic (exact) mass is 442 g/mol. The Kier molecular flexibility index (Phi) is 6.44. The third kappa shape index (κ3) is 4.71. The summed E-state index contributed by atoms with van der Waals surface area (Å²) in [5, 5.41) is 3.22. The molecular weight excluding hydrogens is 419 g/mol. The van der Waals surface area contributed by atoms with Gasteiger partial charge < -0.3 is 4.90 Å². The van der Waals surface area contributed by atoms with Gasteiger partial charge in [0.25, 0.3) is 5.91 Å². The van der Waals surface area contributed by atoms with E-state index in [0.29, 0.717) is 15.7 Å². The Morgan fingerprint density at radius 2 is 1.60 bits per heavy atom. The van der Waals surface area contributed by atoms with E-state index >= 15 is 0 Å². The van der Waals surface area contributed by atoms with E-state index in [0.717, 1.165) is 42.5 Å². The topological polar surface area (TPSA) is 47.6 Å². The van der Waals surface area contributed by atoms with Crippen LogP contribution in [0.15, 0.2) is 60.7 Å². The molecule has 30 heavy (non-hydrogen) atoms. The number of fused-ring (bicyclic) bond motifs is 1. The first-order chi connectivity index (χ1) is 14.5. The lowest BCUT2D eigenvalue weighted by molar-refractivity contribution is -0.126. The highest BCUT2D eigenvalue weighted by Gasteiger charge is 2.31. The van der Waals surface area contributed by atoms with Crippen LogP contribution in [-0.4, -0.2) is 48.9 Å². The number of carbonyl (C=O) groups excluding carboxylic acids is 1. The molecule has 2 N–H and O–H groups in total. The lowest BCUT2D eigenvalue weighted by atomic mass is 9.96. The van der Waals surface area contributed by atoms with Gasteiger partial charge in [-0.2, -0.15) is 0 Å². The fourth-order valence-electron chi connectivity index (χ4n) is 3.90. The van der Waals surface area contributed by atoms with Crippen LogP contribution in [0.2, 0.25) is 10.0 Å². The highest BCUT2D eigenvalue weighted by molar-refractivity contribution is 6.35. The summed E-state index contributed by atoms with van der Waals surface area (Å²) in [6.45, 7) is 3.49. The largest absolute Gasteiger partial charge is 0.304 e. The first-order valence-corrected chi connectivity index (χ1v) is 10.7. The maximum Gasteiger partial charge on any atom is 0.260 e. The Morgan fingerprint density at radius 1 is 0.933 bits per heavy atom. The van der Waals surface area contributed by atoms with Gasteiger partial charge >= 0.3 is 0 Å². The maximum atomic E-state index is 13.4. The zero-order chi connectivity index (χ0) is 21.1.